The first-order chi connectivity index (χ1) is 8.64. The third-order valence-electron chi connectivity index (χ3n) is 2.45. The van der Waals surface area contributed by atoms with Gasteiger partial charge in [0.1, 0.15) is 5.75 Å². The molecule has 0 spiro atoms. The zero-order valence-electron chi connectivity index (χ0n) is 10.5. The molecule has 106 valence electrons. The molecule has 0 saturated heterocycles. The molecule has 0 bridgehead atoms. The standard InChI is InChI=1S/C12H15F3N2O2/c1-11(2,7-16)10(18)17-8-4-3-5-9(6-8)19-12(13,14)15/h3-6H,7,16H2,1-2H3,(H,17,18). The number of carbonyl (C=O) groups is 1. The lowest BCUT2D eigenvalue weighted by molar-refractivity contribution is -0.274. The molecule has 0 atom stereocenters. The molecule has 7 heteroatoms. The maximum Gasteiger partial charge on any atom is 0.573 e. The number of amides is 1. The highest BCUT2D eigenvalue weighted by Gasteiger charge is 2.31. The fourth-order valence-corrected chi connectivity index (χ4v) is 1.16. The van der Waals surface area contributed by atoms with Gasteiger partial charge in [0.25, 0.3) is 0 Å². The molecule has 0 aliphatic heterocycles. The van der Waals surface area contributed by atoms with Crippen LogP contribution in [0.15, 0.2) is 24.3 Å². The third kappa shape index (κ3) is 4.78. The number of nitrogens with two attached hydrogens (primary N) is 1. The summed E-state index contributed by atoms with van der Waals surface area (Å²) in [5, 5.41) is 2.49. The zero-order valence-corrected chi connectivity index (χ0v) is 10.5. The minimum Gasteiger partial charge on any atom is -0.406 e. The molecule has 0 aliphatic rings. The quantitative estimate of drug-likeness (QED) is 0.888. The summed E-state index contributed by atoms with van der Waals surface area (Å²) in [7, 11) is 0. The molecule has 19 heavy (non-hydrogen) atoms. The van der Waals surface area contributed by atoms with Gasteiger partial charge < -0.3 is 15.8 Å². The van der Waals surface area contributed by atoms with Crippen molar-refractivity contribution in [1.29, 1.82) is 0 Å². The Kier molecular flexibility index (Phi) is 4.41. The molecule has 1 rings (SSSR count). The molecule has 0 aliphatic carbocycles. The molecule has 1 amide bonds. The number of anilines is 1. The molecule has 0 unspecified atom stereocenters. The van der Waals surface area contributed by atoms with Gasteiger partial charge in [0, 0.05) is 18.3 Å². The highest BCUT2D eigenvalue weighted by Crippen LogP contribution is 2.26. The number of alkyl halides is 3. The van der Waals surface area contributed by atoms with Crippen molar-refractivity contribution in [3.63, 3.8) is 0 Å². The number of benzene rings is 1. The first-order valence-corrected chi connectivity index (χ1v) is 5.51. The lowest BCUT2D eigenvalue weighted by atomic mass is 9.92. The van der Waals surface area contributed by atoms with Gasteiger partial charge in [-0.1, -0.05) is 6.07 Å². The van der Waals surface area contributed by atoms with E-state index in [2.05, 4.69) is 10.1 Å². The van der Waals surface area contributed by atoms with Gasteiger partial charge in [-0.3, -0.25) is 4.79 Å². The molecule has 0 aromatic heterocycles. The van der Waals surface area contributed by atoms with E-state index in [1.165, 1.54) is 12.1 Å². The van der Waals surface area contributed by atoms with Gasteiger partial charge in [-0.05, 0) is 26.0 Å². The van der Waals surface area contributed by atoms with Crippen molar-refractivity contribution in [3.05, 3.63) is 24.3 Å². The minimum atomic E-state index is -4.76. The highest BCUT2D eigenvalue weighted by molar-refractivity contribution is 5.95. The van der Waals surface area contributed by atoms with Crippen LogP contribution in [0.5, 0.6) is 5.75 Å². The van der Waals surface area contributed by atoms with E-state index in [0.717, 1.165) is 12.1 Å². The lowest BCUT2D eigenvalue weighted by Gasteiger charge is -2.21. The van der Waals surface area contributed by atoms with Crippen molar-refractivity contribution in [2.75, 3.05) is 11.9 Å². The van der Waals surface area contributed by atoms with E-state index in [-0.39, 0.29) is 18.1 Å². The summed E-state index contributed by atoms with van der Waals surface area (Å²) in [6.07, 6.45) is -4.76. The first-order valence-electron chi connectivity index (χ1n) is 5.51. The fourth-order valence-electron chi connectivity index (χ4n) is 1.16. The van der Waals surface area contributed by atoms with Gasteiger partial charge in [0.05, 0.1) is 5.41 Å². The Morgan fingerprint density at radius 1 is 1.37 bits per heavy atom. The van der Waals surface area contributed by atoms with Gasteiger partial charge in [-0.15, -0.1) is 13.2 Å². The Balaban J connectivity index is 2.81. The van der Waals surface area contributed by atoms with Crippen molar-refractivity contribution >= 4 is 11.6 Å². The maximum absolute atomic E-state index is 12.1. The van der Waals surface area contributed by atoms with Crippen LogP contribution in [0.3, 0.4) is 0 Å². The summed E-state index contributed by atoms with van der Waals surface area (Å²) >= 11 is 0. The van der Waals surface area contributed by atoms with E-state index in [0.29, 0.717) is 0 Å². The van der Waals surface area contributed by atoms with Crippen LogP contribution in [-0.2, 0) is 4.79 Å². The molecule has 4 nitrogen and oxygen atoms in total. The molecular weight excluding hydrogens is 261 g/mol. The number of carbonyl (C=O) groups excluding carboxylic acids is 1. The van der Waals surface area contributed by atoms with E-state index in [1.807, 2.05) is 0 Å². The summed E-state index contributed by atoms with van der Waals surface area (Å²) in [5.74, 6) is -0.769. The van der Waals surface area contributed by atoms with Crippen molar-refractivity contribution in [3.8, 4) is 5.75 Å². The van der Waals surface area contributed by atoms with E-state index in [1.54, 1.807) is 13.8 Å². The summed E-state index contributed by atoms with van der Waals surface area (Å²) in [6, 6.07) is 5.06. The van der Waals surface area contributed by atoms with Crippen LogP contribution in [0.1, 0.15) is 13.8 Å². The van der Waals surface area contributed by atoms with Gasteiger partial charge >= 0.3 is 6.36 Å². The monoisotopic (exact) mass is 276 g/mol. The molecule has 0 radical (unpaired) electrons. The molecule has 1 aromatic rings. The Labute approximate surface area is 108 Å². The minimum absolute atomic E-state index is 0.123. The molecular formula is C12H15F3N2O2. The van der Waals surface area contributed by atoms with E-state index < -0.39 is 17.5 Å². The number of hydrogen-bond acceptors (Lipinski definition) is 3. The van der Waals surface area contributed by atoms with Crippen LogP contribution >= 0.6 is 0 Å². The van der Waals surface area contributed by atoms with Crippen LogP contribution in [0.4, 0.5) is 18.9 Å². The normalized spacial score (nSPS) is 12.1. The topological polar surface area (TPSA) is 64.4 Å². The van der Waals surface area contributed by atoms with Crippen molar-refractivity contribution in [1.82, 2.24) is 0 Å². The largest absolute Gasteiger partial charge is 0.573 e. The predicted octanol–water partition coefficient (Wildman–Crippen LogP) is 2.51. The maximum atomic E-state index is 12.1. The predicted molar refractivity (Wildman–Crippen MR) is 64.6 cm³/mol. The molecule has 0 saturated carbocycles. The van der Waals surface area contributed by atoms with Crippen LogP contribution in [0.25, 0.3) is 0 Å². The van der Waals surface area contributed by atoms with E-state index in [4.69, 9.17) is 5.73 Å². The summed E-state index contributed by atoms with van der Waals surface area (Å²) < 4.78 is 39.9. The Bertz CT molecular complexity index is 459. The van der Waals surface area contributed by atoms with Crippen LogP contribution in [0, 0.1) is 5.41 Å². The second-order valence-corrected chi connectivity index (χ2v) is 4.62. The average molecular weight is 276 g/mol. The number of hydrogen-bond donors (Lipinski definition) is 2. The second kappa shape index (κ2) is 5.48. The van der Waals surface area contributed by atoms with Gasteiger partial charge in [-0.25, -0.2) is 0 Å². The number of rotatable bonds is 4. The fraction of sp³-hybridized carbons (Fsp3) is 0.417. The smallest absolute Gasteiger partial charge is 0.406 e. The molecule has 0 heterocycles. The van der Waals surface area contributed by atoms with Crippen molar-refractivity contribution < 1.29 is 22.7 Å². The number of nitrogens with one attached hydrogen (secondary N) is 1. The molecule has 3 N–H and O–H groups in total. The van der Waals surface area contributed by atoms with E-state index in [9.17, 15) is 18.0 Å². The Hall–Kier alpha value is -1.76. The highest BCUT2D eigenvalue weighted by atomic mass is 19.4. The van der Waals surface area contributed by atoms with Crippen LogP contribution < -0.4 is 15.8 Å². The van der Waals surface area contributed by atoms with Crippen LogP contribution in [0.2, 0.25) is 0 Å². The van der Waals surface area contributed by atoms with Gasteiger partial charge in [-0.2, -0.15) is 0 Å². The van der Waals surface area contributed by atoms with Crippen LogP contribution in [-0.4, -0.2) is 18.8 Å². The lowest BCUT2D eigenvalue weighted by Crippen LogP contribution is -2.37. The average Bonchev–Trinajstić information content (AvgIpc) is 2.27. The van der Waals surface area contributed by atoms with E-state index >= 15 is 0 Å². The number of ether oxygens (including phenoxy) is 1. The Morgan fingerprint density at radius 3 is 2.53 bits per heavy atom. The molecule has 0 fully saturated rings. The summed E-state index contributed by atoms with van der Waals surface area (Å²) in [6.45, 7) is 3.40. The van der Waals surface area contributed by atoms with Crippen molar-refractivity contribution in [2.45, 2.75) is 20.2 Å². The van der Waals surface area contributed by atoms with Gasteiger partial charge in [0.2, 0.25) is 5.91 Å². The molecule has 1 aromatic carbocycles. The summed E-state index contributed by atoms with van der Waals surface area (Å²) in [4.78, 5) is 11.8. The zero-order chi connectivity index (χ0) is 14.7. The van der Waals surface area contributed by atoms with Crippen molar-refractivity contribution in [2.24, 2.45) is 11.1 Å². The van der Waals surface area contributed by atoms with Gasteiger partial charge in [0.15, 0.2) is 0 Å². The Morgan fingerprint density at radius 2 is 2.00 bits per heavy atom. The third-order valence-corrected chi connectivity index (χ3v) is 2.45. The number of halogens is 3. The first kappa shape index (κ1) is 15.3. The summed E-state index contributed by atoms with van der Waals surface area (Å²) in [5.41, 5.74) is 4.85. The second-order valence-electron chi connectivity index (χ2n) is 4.62. The SMILES string of the molecule is CC(C)(CN)C(=O)Nc1cccc(OC(F)(F)F)c1.